The second kappa shape index (κ2) is 8.69. The van der Waals surface area contributed by atoms with Crippen LogP contribution in [0.4, 0.5) is 0 Å². The van der Waals surface area contributed by atoms with Crippen molar-refractivity contribution in [2.45, 2.75) is 19.2 Å². The quantitative estimate of drug-likeness (QED) is 0.497. The standard InChI is InChI=1S/C25H27N3O2/c1-26-25(30)19-13-11-18(12-14-19)15-27(2)16-20(29)17-28-23-9-5-3-7-21(23)22-8-4-6-10-24(22)28/h3-14,20,29H,15-17H2,1-2H3,(H,26,30)/t20-/m0/s1. The zero-order valence-electron chi connectivity index (χ0n) is 17.4. The number of hydrogen-bond acceptors (Lipinski definition) is 3. The Morgan fingerprint density at radius 2 is 1.53 bits per heavy atom. The molecule has 0 saturated heterocycles. The third-order valence-corrected chi connectivity index (χ3v) is 5.49. The van der Waals surface area contributed by atoms with Crippen molar-refractivity contribution >= 4 is 27.7 Å². The van der Waals surface area contributed by atoms with Gasteiger partial charge in [0.25, 0.3) is 5.91 Å². The van der Waals surface area contributed by atoms with Crippen LogP contribution in [0.5, 0.6) is 0 Å². The van der Waals surface area contributed by atoms with E-state index in [2.05, 4.69) is 51.2 Å². The molecule has 0 bridgehead atoms. The summed E-state index contributed by atoms with van der Waals surface area (Å²) in [6.45, 7) is 1.80. The van der Waals surface area contributed by atoms with Crippen LogP contribution in [-0.2, 0) is 13.1 Å². The molecule has 0 radical (unpaired) electrons. The summed E-state index contributed by atoms with van der Waals surface area (Å²) >= 11 is 0. The molecule has 0 aliphatic rings. The highest BCUT2D eigenvalue weighted by atomic mass is 16.3. The van der Waals surface area contributed by atoms with Crippen LogP contribution in [0.25, 0.3) is 21.8 Å². The van der Waals surface area contributed by atoms with E-state index in [0.717, 1.165) is 16.6 Å². The Bertz CT molecular complexity index is 1110. The van der Waals surface area contributed by atoms with Gasteiger partial charge in [-0.25, -0.2) is 0 Å². The maximum Gasteiger partial charge on any atom is 0.251 e. The Balaban J connectivity index is 1.45. The molecular formula is C25H27N3O2. The number of hydrogen-bond donors (Lipinski definition) is 2. The minimum absolute atomic E-state index is 0.0866. The number of likely N-dealkylation sites (N-methyl/N-ethyl adjacent to an activating group) is 1. The van der Waals surface area contributed by atoms with Crippen molar-refractivity contribution in [2.75, 3.05) is 20.6 Å². The highest BCUT2D eigenvalue weighted by Crippen LogP contribution is 2.28. The predicted molar refractivity (Wildman–Crippen MR) is 122 cm³/mol. The first-order valence-corrected chi connectivity index (χ1v) is 10.2. The van der Waals surface area contributed by atoms with Crippen molar-refractivity contribution in [2.24, 2.45) is 0 Å². The number of nitrogens with zero attached hydrogens (tertiary/aromatic N) is 2. The molecule has 1 heterocycles. The van der Waals surface area contributed by atoms with Crippen LogP contribution in [0, 0.1) is 0 Å². The number of nitrogens with one attached hydrogen (secondary N) is 1. The average molecular weight is 402 g/mol. The van der Waals surface area contributed by atoms with E-state index in [1.807, 2.05) is 43.4 Å². The number of aliphatic hydroxyl groups is 1. The van der Waals surface area contributed by atoms with E-state index in [1.54, 1.807) is 7.05 Å². The molecule has 0 unspecified atom stereocenters. The van der Waals surface area contributed by atoms with Crippen LogP contribution < -0.4 is 5.32 Å². The highest BCUT2D eigenvalue weighted by Gasteiger charge is 2.15. The van der Waals surface area contributed by atoms with E-state index in [-0.39, 0.29) is 5.91 Å². The van der Waals surface area contributed by atoms with Crippen molar-refractivity contribution in [3.63, 3.8) is 0 Å². The van der Waals surface area contributed by atoms with Crippen LogP contribution in [0.2, 0.25) is 0 Å². The Morgan fingerprint density at radius 1 is 0.967 bits per heavy atom. The zero-order chi connectivity index (χ0) is 21.1. The predicted octanol–water partition coefficient (Wildman–Crippen LogP) is 3.65. The number of amides is 1. The van der Waals surface area contributed by atoms with Gasteiger partial charge < -0.3 is 15.0 Å². The molecule has 1 amide bonds. The molecule has 154 valence electrons. The van der Waals surface area contributed by atoms with Crippen LogP contribution in [0.3, 0.4) is 0 Å². The molecule has 4 aromatic rings. The van der Waals surface area contributed by atoms with Gasteiger partial charge >= 0.3 is 0 Å². The lowest BCUT2D eigenvalue weighted by Gasteiger charge is -2.22. The fourth-order valence-corrected chi connectivity index (χ4v) is 4.11. The number of fused-ring (bicyclic) bond motifs is 3. The maximum atomic E-state index is 11.7. The van der Waals surface area contributed by atoms with E-state index in [0.29, 0.717) is 25.2 Å². The number of aliphatic hydroxyl groups excluding tert-OH is 1. The van der Waals surface area contributed by atoms with Gasteiger partial charge in [-0.2, -0.15) is 0 Å². The first-order valence-electron chi connectivity index (χ1n) is 10.2. The normalized spacial score (nSPS) is 12.5. The molecule has 1 aromatic heterocycles. The van der Waals surface area contributed by atoms with Gasteiger partial charge in [0.15, 0.2) is 0 Å². The lowest BCUT2D eigenvalue weighted by atomic mass is 10.1. The van der Waals surface area contributed by atoms with E-state index in [4.69, 9.17) is 0 Å². The number of benzene rings is 3. The number of carbonyl (C=O) groups excluding carboxylic acids is 1. The van der Waals surface area contributed by atoms with E-state index >= 15 is 0 Å². The molecule has 4 rings (SSSR count). The lowest BCUT2D eigenvalue weighted by molar-refractivity contribution is 0.0963. The minimum Gasteiger partial charge on any atom is -0.390 e. The highest BCUT2D eigenvalue weighted by molar-refractivity contribution is 6.07. The molecule has 3 aromatic carbocycles. The van der Waals surface area contributed by atoms with Crippen molar-refractivity contribution in [3.05, 3.63) is 83.9 Å². The smallest absolute Gasteiger partial charge is 0.251 e. The van der Waals surface area contributed by atoms with Gasteiger partial charge in [-0.15, -0.1) is 0 Å². The summed E-state index contributed by atoms with van der Waals surface area (Å²) in [4.78, 5) is 13.8. The molecule has 30 heavy (non-hydrogen) atoms. The van der Waals surface area contributed by atoms with E-state index in [9.17, 15) is 9.90 Å². The second-order valence-electron chi connectivity index (χ2n) is 7.77. The maximum absolute atomic E-state index is 11.7. The zero-order valence-corrected chi connectivity index (χ0v) is 17.4. The molecule has 5 nitrogen and oxygen atoms in total. The summed E-state index contributed by atoms with van der Waals surface area (Å²) in [6.07, 6.45) is -0.501. The van der Waals surface area contributed by atoms with Crippen LogP contribution in [0.15, 0.2) is 72.8 Å². The summed E-state index contributed by atoms with van der Waals surface area (Å²) < 4.78 is 2.21. The second-order valence-corrected chi connectivity index (χ2v) is 7.77. The first-order chi connectivity index (χ1) is 14.6. The minimum atomic E-state index is -0.501. The number of rotatable bonds is 7. The Kier molecular flexibility index (Phi) is 5.84. The number of carbonyl (C=O) groups is 1. The van der Waals surface area contributed by atoms with Crippen LogP contribution in [-0.4, -0.2) is 47.2 Å². The molecule has 0 fully saturated rings. The summed E-state index contributed by atoms with van der Waals surface area (Å²) in [6, 6.07) is 24.3. The summed E-state index contributed by atoms with van der Waals surface area (Å²) in [5.41, 5.74) is 4.04. The van der Waals surface area contributed by atoms with Gasteiger partial charge in [-0.1, -0.05) is 48.5 Å². The molecule has 1 atom stereocenters. The van der Waals surface area contributed by atoms with Crippen molar-refractivity contribution in [1.82, 2.24) is 14.8 Å². The number of para-hydroxylation sites is 2. The van der Waals surface area contributed by atoms with Crippen LogP contribution >= 0.6 is 0 Å². The molecule has 0 saturated carbocycles. The number of aromatic nitrogens is 1. The van der Waals surface area contributed by atoms with Gasteiger partial charge in [-0.3, -0.25) is 9.69 Å². The largest absolute Gasteiger partial charge is 0.390 e. The Morgan fingerprint density at radius 3 is 2.10 bits per heavy atom. The third-order valence-electron chi connectivity index (χ3n) is 5.49. The van der Waals surface area contributed by atoms with E-state index < -0.39 is 6.10 Å². The van der Waals surface area contributed by atoms with Gasteiger partial charge in [0, 0.05) is 47.5 Å². The summed E-state index contributed by atoms with van der Waals surface area (Å²) in [7, 11) is 3.63. The molecule has 0 spiro atoms. The third kappa shape index (κ3) is 4.08. The van der Waals surface area contributed by atoms with Gasteiger partial charge in [-0.05, 0) is 36.9 Å². The van der Waals surface area contributed by atoms with E-state index in [1.165, 1.54) is 10.8 Å². The topological polar surface area (TPSA) is 57.5 Å². The lowest BCUT2D eigenvalue weighted by Crippen LogP contribution is -2.31. The SMILES string of the molecule is CNC(=O)c1ccc(CN(C)C[C@H](O)Cn2c3ccccc3c3ccccc32)cc1. The van der Waals surface area contributed by atoms with Gasteiger partial charge in [0.2, 0.25) is 0 Å². The Labute approximate surface area is 176 Å². The Hall–Kier alpha value is -3.15. The monoisotopic (exact) mass is 401 g/mol. The molecular weight excluding hydrogens is 374 g/mol. The first kappa shape index (κ1) is 20.1. The summed E-state index contributed by atoms with van der Waals surface area (Å²) in [5, 5.41) is 15.9. The van der Waals surface area contributed by atoms with Gasteiger partial charge in [0.05, 0.1) is 12.6 Å². The van der Waals surface area contributed by atoms with Crippen molar-refractivity contribution in [1.29, 1.82) is 0 Å². The molecule has 2 N–H and O–H groups in total. The van der Waals surface area contributed by atoms with Crippen LogP contribution in [0.1, 0.15) is 15.9 Å². The fourth-order valence-electron chi connectivity index (χ4n) is 4.11. The molecule has 5 heteroatoms. The van der Waals surface area contributed by atoms with Crippen molar-refractivity contribution < 1.29 is 9.90 Å². The van der Waals surface area contributed by atoms with Crippen molar-refractivity contribution in [3.8, 4) is 0 Å². The fraction of sp³-hybridized carbons (Fsp3) is 0.240. The van der Waals surface area contributed by atoms with Gasteiger partial charge in [0.1, 0.15) is 0 Å². The molecule has 0 aliphatic heterocycles. The molecule has 0 aliphatic carbocycles. The summed E-state index contributed by atoms with van der Waals surface area (Å²) in [5.74, 6) is -0.0866. The average Bonchev–Trinajstić information content (AvgIpc) is 3.07.